The molecule has 2 heterocycles. The molecule has 0 unspecified atom stereocenters. The average molecular weight is 365 g/mol. The van der Waals surface area contributed by atoms with E-state index >= 15 is 0 Å². The van der Waals surface area contributed by atoms with Crippen LogP contribution in [0.1, 0.15) is 43.0 Å². The molecule has 2 N–H and O–H groups in total. The first-order chi connectivity index (χ1) is 13.2. The number of anilines is 1. The molecule has 0 saturated carbocycles. The average Bonchev–Trinajstić information content (AvgIpc) is 3.10. The van der Waals surface area contributed by atoms with Crippen molar-refractivity contribution in [2.45, 2.75) is 33.1 Å². The quantitative estimate of drug-likeness (QED) is 0.608. The number of para-hydroxylation sites is 2. The molecule has 0 fully saturated rings. The van der Waals surface area contributed by atoms with E-state index in [-0.39, 0.29) is 5.91 Å². The number of H-pyrrole nitrogens is 1. The van der Waals surface area contributed by atoms with Crippen LogP contribution in [0.3, 0.4) is 0 Å². The molecule has 0 spiro atoms. The molecular weight excluding hydrogens is 338 g/mol. The topological polar surface area (TPSA) is 73.9 Å². The normalized spacial score (nSPS) is 10.9. The van der Waals surface area contributed by atoms with Crippen molar-refractivity contribution in [1.82, 2.24) is 20.3 Å². The molecule has 0 radical (unpaired) electrons. The summed E-state index contributed by atoms with van der Waals surface area (Å²) < 4.78 is 0. The number of hydrogen-bond acceptors (Lipinski definition) is 4. The Morgan fingerprint density at radius 2 is 1.81 bits per heavy atom. The summed E-state index contributed by atoms with van der Waals surface area (Å²) in [7, 11) is 0. The summed E-state index contributed by atoms with van der Waals surface area (Å²) >= 11 is 0. The van der Waals surface area contributed by atoms with Crippen molar-refractivity contribution in [1.29, 1.82) is 0 Å². The molecule has 6 heteroatoms. The van der Waals surface area contributed by atoms with Gasteiger partial charge in [0, 0.05) is 26.1 Å². The highest BCUT2D eigenvalue weighted by Crippen LogP contribution is 2.13. The van der Waals surface area contributed by atoms with E-state index in [1.807, 2.05) is 36.4 Å². The second-order valence-electron chi connectivity index (χ2n) is 6.57. The van der Waals surface area contributed by atoms with Crippen molar-refractivity contribution in [2.75, 3.05) is 24.5 Å². The highest BCUT2D eigenvalue weighted by Gasteiger charge is 2.11. The van der Waals surface area contributed by atoms with Gasteiger partial charge in [-0.15, -0.1) is 0 Å². The van der Waals surface area contributed by atoms with Crippen LogP contribution < -0.4 is 10.2 Å². The zero-order valence-electron chi connectivity index (χ0n) is 16.0. The zero-order valence-corrected chi connectivity index (χ0v) is 16.0. The van der Waals surface area contributed by atoms with Crippen molar-refractivity contribution in [2.24, 2.45) is 0 Å². The van der Waals surface area contributed by atoms with Crippen molar-refractivity contribution < 1.29 is 4.79 Å². The molecule has 142 valence electrons. The minimum absolute atomic E-state index is 0.152. The lowest BCUT2D eigenvalue weighted by Gasteiger charge is -2.22. The number of pyridine rings is 1. The van der Waals surface area contributed by atoms with Crippen LogP contribution in [-0.2, 0) is 6.42 Å². The summed E-state index contributed by atoms with van der Waals surface area (Å²) in [5, 5.41) is 2.94. The number of fused-ring (bicyclic) bond motifs is 1. The monoisotopic (exact) mass is 365 g/mol. The molecular formula is C21H27N5O. The maximum absolute atomic E-state index is 12.5. The first kappa shape index (κ1) is 18.9. The number of carbonyl (C=O) groups is 1. The van der Waals surface area contributed by atoms with Gasteiger partial charge in [0.15, 0.2) is 0 Å². The van der Waals surface area contributed by atoms with E-state index in [1.54, 1.807) is 6.07 Å². The largest absolute Gasteiger partial charge is 0.357 e. The van der Waals surface area contributed by atoms with Crippen LogP contribution in [0, 0.1) is 0 Å². The molecule has 1 amide bonds. The van der Waals surface area contributed by atoms with Crippen molar-refractivity contribution >= 4 is 22.8 Å². The van der Waals surface area contributed by atoms with E-state index in [0.717, 1.165) is 48.6 Å². The third kappa shape index (κ3) is 4.84. The van der Waals surface area contributed by atoms with Crippen molar-refractivity contribution in [3.63, 3.8) is 0 Å². The third-order valence-electron chi connectivity index (χ3n) is 4.36. The van der Waals surface area contributed by atoms with Crippen LogP contribution in [-0.4, -0.2) is 40.5 Å². The number of aromatic nitrogens is 3. The number of hydrogen-bond donors (Lipinski definition) is 2. The lowest BCUT2D eigenvalue weighted by Crippen LogP contribution is -2.29. The lowest BCUT2D eigenvalue weighted by molar-refractivity contribution is 0.0949. The van der Waals surface area contributed by atoms with Crippen LogP contribution in [0.5, 0.6) is 0 Å². The fourth-order valence-electron chi connectivity index (χ4n) is 3.12. The van der Waals surface area contributed by atoms with Gasteiger partial charge in [-0.2, -0.15) is 0 Å². The Morgan fingerprint density at radius 1 is 1.04 bits per heavy atom. The van der Waals surface area contributed by atoms with E-state index in [0.29, 0.717) is 18.7 Å². The van der Waals surface area contributed by atoms with Gasteiger partial charge in [0.1, 0.15) is 17.3 Å². The zero-order chi connectivity index (χ0) is 19.1. The van der Waals surface area contributed by atoms with E-state index < -0.39 is 0 Å². The van der Waals surface area contributed by atoms with Gasteiger partial charge in [-0.1, -0.05) is 32.0 Å². The van der Waals surface area contributed by atoms with Gasteiger partial charge in [-0.05, 0) is 37.1 Å². The number of nitrogens with zero attached hydrogens (tertiary/aromatic N) is 3. The van der Waals surface area contributed by atoms with Crippen LogP contribution >= 0.6 is 0 Å². The molecule has 1 aromatic carbocycles. The maximum Gasteiger partial charge on any atom is 0.269 e. The Balaban J connectivity index is 1.59. The second kappa shape index (κ2) is 9.16. The molecule has 0 bridgehead atoms. The predicted octanol–water partition coefficient (Wildman–Crippen LogP) is 3.56. The fourth-order valence-corrected chi connectivity index (χ4v) is 3.12. The fraction of sp³-hybridized carbons (Fsp3) is 0.381. The highest BCUT2D eigenvalue weighted by molar-refractivity contribution is 5.92. The van der Waals surface area contributed by atoms with Crippen LogP contribution in [0.2, 0.25) is 0 Å². The number of benzene rings is 1. The maximum atomic E-state index is 12.5. The Labute approximate surface area is 160 Å². The number of carbonyl (C=O) groups excluding carboxylic acids is 1. The molecule has 3 aromatic rings. The van der Waals surface area contributed by atoms with Gasteiger partial charge in [-0.3, -0.25) is 4.79 Å². The third-order valence-corrected chi connectivity index (χ3v) is 4.36. The molecule has 0 aliphatic rings. The number of amides is 1. The number of rotatable bonds is 9. The van der Waals surface area contributed by atoms with Gasteiger partial charge in [0.05, 0.1) is 11.0 Å². The van der Waals surface area contributed by atoms with Crippen LogP contribution in [0.25, 0.3) is 11.0 Å². The molecule has 3 rings (SSSR count). The minimum Gasteiger partial charge on any atom is -0.357 e. The molecule has 0 aliphatic carbocycles. The van der Waals surface area contributed by atoms with E-state index in [9.17, 15) is 4.79 Å². The van der Waals surface area contributed by atoms with Gasteiger partial charge < -0.3 is 15.2 Å². The smallest absolute Gasteiger partial charge is 0.269 e. The first-order valence-corrected chi connectivity index (χ1v) is 9.65. The predicted molar refractivity (Wildman–Crippen MR) is 109 cm³/mol. The van der Waals surface area contributed by atoms with E-state index in [2.05, 4.69) is 39.0 Å². The molecule has 0 atom stereocenters. The Kier molecular flexibility index (Phi) is 6.41. The van der Waals surface area contributed by atoms with Crippen LogP contribution in [0.15, 0.2) is 42.5 Å². The van der Waals surface area contributed by atoms with Gasteiger partial charge >= 0.3 is 0 Å². The molecule has 0 aliphatic heterocycles. The van der Waals surface area contributed by atoms with Crippen molar-refractivity contribution in [3.05, 3.63) is 54.0 Å². The molecule has 6 nitrogen and oxygen atoms in total. The Hall–Kier alpha value is -2.89. The summed E-state index contributed by atoms with van der Waals surface area (Å²) in [4.78, 5) is 27.1. The standard InChI is InChI=1S/C21H27N5O/c1-3-14-26(15-4-2)20-11-7-10-18(25-20)21(27)22-13-12-19-23-16-8-5-6-9-17(16)24-19/h5-11H,3-4,12-15H2,1-2H3,(H,22,27)(H,23,24). The van der Waals surface area contributed by atoms with Crippen molar-refractivity contribution in [3.8, 4) is 0 Å². The minimum atomic E-state index is -0.152. The Bertz CT molecular complexity index is 850. The van der Waals surface area contributed by atoms with Crippen LogP contribution in [0.4, 0.5) is 5.82 Å². The molecule has 2 aromatic heterocycles. The lowest BCUT2D eigenvalue weighted by atomic mass is 10.3. The van der Waals surface area contributed by atoms with E-state index in [1.165, 1.54) is 0 Å². The summed E-state index contributed by atoms with van der Waals surface area (Å²) in [6.07, 6.45) is 2.75. The molecule has 27 heavy (non-hydrogen) atoms. The van der Waals surface area contributed by atoms with Gasteiger partial charge in [0.25, 0.3) is 5.91 Å². The summed E-state index contributed by atoms with van der Waals surface area (Å²) in [5.41, 5.74) is 2.41. The number of nitrogens with one attached hydrogen (secondary N) is 2. The second-order valence-corrected chi connectivity index (χ2v) is 6.57. The molecule has 0 saturated heterocycles. The number of imidazole rings is 1. The summed E-state index contributed by atoms with van der Waals surface area (Å²) in [5.74, 6) is 1.58. The summed E-state index contributed by atoms with van der Waals surface area (Å²) in [6, 6.07) is 13.5. The van der Waals surface area contributed by atoms with E-state index in [4.69, 9.17) is 0 Å². The first-order valence-electron chi connectivity index (χ1n) is 9.65. The van der Waals surface area contributed by atoms with Gasteiger partial charge in [0.2, 0.25) is 0 Å². The summed E-state index contributed by atoms with van der Waals surface area (Å²) in [6.45, 7) is 6.70. The highest BCUT2D eigenvalue weighted by atomic mass is 16.1. The van der Waals surface area contributed by atoms with Gasteiger partial charge in [-0.25, -0.2) is 9.97 Å². The SMILES string of the molecule is CCCN(CCC)c1cccc(C(=O)NCCc2nc3ccccc3[nH]2)n1. The number of aromatic amines is 1. The Morgan fingerprint density at radius 3 is 2.56 bits per heavy atom.